The Morgan fingerprint density at radius 3 is 2.61 bits per heavy atom. The van der Waals surface area contributed by atoms with Crippen LogP contribution in [0.25, 0.3) is 0 Å². The Kier molecular flexibility index (Phi) is 3.11. The second-order valence-corrected chi connectivity index (χ2v) is 4.74. The fourth-order valence-corrected chi connectivity index (χ4v) is 2.42. The third-order valence-corrected chi connectivity index (χ3v) is 3.80. The number of amides is 1. The molecule has 1 aromatic rings. The van der Waals surface area contributed by atoms with Crippen LogP contribution in [0.4, 0.5) is 0 Å². The molecule has 1 saturated heterocycles. The molecular weight excluding hydrogens is 234 g/mol. The number of aryl methyl sites for hydroxylation is 1. The molecule has 6 nitrogen and oxygen atoms in total. The Hall–Kier alpha value is -1.85. The Morgan fingerprint density at radius 1 is 1.50 bits per heavy atom. The molecule has 0 aromatic carbocycles. The molecule has 1 aliphatic heterocycles. The molecule has 2 rings (SSSR count). The van der Waals surface area contributed by atoms with E-state index in [1.165, 1.54) is 0 Å². The third-order valence-electron chi connectivity index (χ3n) is 3.80. The number of likely N-dealkylation sites (tertiary alicyclic amines) is 1. The Bertz CT molecular complexity index is 495. The molecule has 1 aromatic heterocycles. The van der Waals surface area contributed by atoms with Crippen molar-refractivity contribution >= 4 is 11.9 Å². The fraction of sp³-hybridized carbons (Fsp3) is 0.583. The molecule has 0 spiro atoms. The van der Waals surface area contributed by atoms with Gasteiger partial charge in [-0.2, -0.15) is 5.10 Å². The molecule has 1 fully saturated rings. The van der Waals surface area contributed by atoms with E-state index in [-0.39, 0.29) is 11.9 Å². The molecule has 1 N–H and O–H groups in total. The minimum absolute atomic E-state index is 0.128. The Labute approximate surface area is 105 Å². The van der Waals surface area contributed by atoms with Crippen LogP contribution in [-0.4, -0.2) is 44.3 Å². The number of hydrogen-bond donors (Lipinski definition) is 1. The average Bonchev–Trinajstić information content (AvgIpc) is 2.84. The summed E-state index contributed by atoms with van der Waals surface area (Å²) in [6, 6.07) is -0.269. The van der Waals surface area contributed by atoms with E-state index in [9.17, 15) is 9.59 Å². The fourth-order valence-electron chi connectivity index (χ4n) is 2.42. The highest BCUT2D eigenvalue weighted by atomic mass is 16.4. The van der Waals surface area contributed by atoms with Crippen LogP contribution in [0.3, 0.4) is 0 Å². The smallest absolute Gasteiger partial charge is 0.308 e. The number of rotatable bonds is 2. The molecule has 2 heterocycles. The maximum absolute atomic E-state index is 12.3. The van der Waals surface area contributed by atoms with Crippen LogP contribution in [0.2, 0.25) is 0 Å². The van der Waals surface area contributed by atoms with Gasteiger partial charge < -0.3 is 10.0 Å². The maximum atomic E-state index is 12.3. The van der Waals surface area contributed by atoms with Crippen LogP contribution < -0.4 is 0 Å². The molecule has 2 unspecified atom stereocenters. The van der Waals surface area contributed by atoms with Gasteiger partial charge in [0.05, 0.1) is 17.7 Å². The average molecular weight is 251 g/mol. The summed E-state index contributed by atoms with van der Waals surface area (Å²) in [5.41, 5.74) is 1.35. The molecular formula is C12H17N3O3. The zero-order valence-corrected chi connectivity index (χ0v) is 10.8. The summed E-state index contributed by atoms with van der Waals surface area (Å²) in [5.74, 6) is -1.43. The highest BCUT2D eigenvalue weighted by Crippen LogP contribution is 2.26. The number of carboxylic acid groups (broad SMARTS) is 1. The normalized spacial score (nSPS) is 23.4. The predicted octanol–water partition coefficient (Wildman–Crippen LogP) is 0.664. The summed E-state index contributed by atoms with van der Waals surface area (Å²) >= 11 is 0. The highest BCUT2D eigenvalue weighted by molar-refractivity contribution is 5.95. The minimum Gasteiger partial charge on any atom is -0.481 e. The van der Waals surface area contributed by atoms with Gasteiger partial charge in [0, 0.05) is 25.3 Å². The first-order valence-electron chi connectivity index (χ1n) is 5.96. The van der Waals surface area contributed by atoms with E-state index in [0.717, 1.165) is 5.69 Å². The lowest BCUT2D eigenvalue weighted by molar-refractivity contribution is -0.142. The van der Waals surface area contributed by atoms with Crippen molar-refractivity contribution in [2.75, 3.05) is 6.54 Å². The van der Waals surface area contributed by atoms with Gasteiger partial charge in [0.15, 0.2) is 0 Å². The van der Waals surface area contributed by atoms with E-state index < -0.39 is 11.9 Å². The van der Waals surface area contributed by atoms with Gasteiger partial charge in [0.1, 0.15) is 0 Å². The van der Waals surface area contributed by atoms with Gasteiger partial charge in [-0.3, -0.25) is 14.3 Å². The number of carbonyl (C=O) groups is 2. The molecule has 1 amide bonds. The van der Waals surface area contributed by atoms with Crippen LogP contribution in [0.15, 0.2) is 6.20 Å². The molecule has 0 radical (unpaired) electrons. The molecule has 0 aliphatic carbocycles. The summed E-state index contributed by atoms with van der Waals surface area (Å²) < 4.78 is 1.64. The maximum Gasteiger partial charge on any atom is 0.308 e. The molecule has 2 atom stereocenters. The number of nitrogens with zero attached hydrogens (tertiary/aromatic N) is 3. The quantitative estimate of drug-likeness (QED) is 0.838. The lowest BCUT2D eigenvalue weighted by Gasteiger charge is -2.23. The van der Waals surface area contributed by atoms with Crippen molar-refractivity contribution in [2.24, 2.45) is 13.0 Å². The summed E-state index contributed by atoms with van der Waals surface area (Å²) in [5, 5.41) is 13.1. The summed E-state index contributed by atoms with van der Waals surface area (Å²) in [6.45, 7) is 4.11. The number of carboxylic acids is 1. The first kappa shape index (κ1) is 12.6. The predicted molar refractivity (Wildman–Crippen MR) is 64.2 cm³/mol. The first-order chi connectivity index (χ1) is 8.43. The van der Waals surface area contributed by atoms with Gasteiger partial charge in [-0.05, 0) is 20.3 Å². The van der Waals surface area contributed by atoms with Crippen LogP contribution >= 0.6 is 0 Å². The van der Waals surface area contributed by atoms with Gasteiger partial charge in [-0.15, -0.1) is 0 Å². The standard InChI is InChI=1S/C12H17N3O3/c1-7-10(6-13-14(7)3)11(16)15-5-4-9(8(15)2)12(17)18/h6,8-9H,4-5H2,1-3H3,(H,17,18). The van der Waals surface area contributed by atoms with Crippen molar-refractivity contribution in [2.45, 2.75) is 26.3 Å². The van der Waals surface area contributed by atoms with Crippen LogP contribution in [-0.2, 0) is 11.8 Å². The molecule has 98 valence electrons. The summed E-state index contributed by atoms with van der Waals surface area (Å²) in [7, 11) is 1.78. The second-order valence-electron chi connectivity index (χ2n) is 4.74. The van der Waals surface area contributed by atoms with E-state index in [4.69, 9.17) is 5.11 Å². The first-order valence-corrected chi connectivity index (χ1v) is 5.96. The molecule has 6 heteroatoms. The van der Waals surface area contributed by atoms with Crippen LogP contribution in [0.1, 0.15) is 29.4 Å². The van der Waals surface area contributed by atoms with Crippen LogP contribution in [0, 0.1) is 12.8 Å². The molecule has 0 saturated carbocycles. The third kappa shape index (κ3) is 1.87. The van der Waals surface area contributed by atoms with Gasteiger partial charge in [-0.1, -0.05) is 0 Å². The topological polar surface area (TPSA) is 75.4 Å². The zero-order chi connectivity index (χ0) is 13.4. The molecule has 1 aliphatic rings. The number of aliphatic carboxylic acids is 1. The van der Waals surface area contributed by atoms with E-state index in [1.807, 2.05) is 6.92 Å². The van der Waals surface area contributed by atoms with Crippen molar-refractivity contribution in [1.29, 1.82) is 0 Å². The number of aromatic nitrogens is 2. The van der Waals surface area contributed by atoms with Gasteiger partial charge >= 0.3 is 5.97 Å². The lowest BCUT2D eigenvalue weighted by atomic mass is 10.0. The van der Waals surface area contributed by atoms with E-state index in [1.54, 1.807) is 29.7 Å². The van der Waals surface area contributed by atoms with Gasteiger partial charge in [0.2, 0.25) is 0 Å². The van der Waals surface area contributed by atoms with Gasteiger partial charge in [-0.25, -0.2) is 0 Å². The minimum atomic E-state index is -0.833. The largest absolute Gasteiger partial charge is 0.481 e. The summed E-state index contributed by atoms with van der Waals surface area (Å²) in [4.78, 5) is 25.0. The monoisotopic (exact) mass is 251 g/mol. The SMILES string of the molecule is Cc1c(C(=O)N2CCC(C(=O)O)C2C)cnn1C. The van der Waals surface area contributed by atoms with E-state index >= 15 is 0 Å². The summed E-state index contributed by atoms with van der Waals surface area (Å²) in [6.07, 6.45) is 2.06. The van der Waals surface area contributed by atoms with Gasteiger partial charge in [0.25, 0.3) is 5.91 Å². The van der Waals surface area contributed by atoms with Crippen molar-refractivity contribution in [3.8, 4) is 0 Å². The van der Waals surface area contributed by atoms with Crippen molar-refractivity contribution < 1.29 is 14.7 Å². The van der Waals surface area contributed by atoms with E-state index in [2.05, 4.69) is 5.10 Å². The molecule has 0 bridgehead atoms. The highest BCUT2D eigenvalue weighted by Gasteiger charge is 2.38. The second kappa shape index (κ2) is 4.44. The number of carbonyl (C=O) groups excluding carboxylic acids is 1. The van der Waals surface area contributed by atoms with Crippen molar-refractivity contribution in [3.63, 3.8) is 0 Å². The zero-order valence-electron chi connectivity index (χ0n) is 10.8. The Morgan fingerprint density at radius 2 is 2.17 bits per heavy atom. The van der Waals surface area contributed by atoms with E-state index in [0.29, 0.717) is 18.5 Å². The lowest BCUT2D eigenvalue weighted by Crippen LogP contribution is -2.37. The van der Waals surface area contributed by atoms with Crippen molar-refractivity contribution in [3.05, 3.63) is 17.5 Å². The molecule has 18 heavy (non-hydrogen) atoms. The van der Waals surface area contributed by atoms with Crippen molar-refractivity contribution in [1.82, 2.24) is 14.7 Å². The Balaban J connectivity index is 2.21. The van der Waals surface area contributed by atoms with Crippen LogP contribution in [0.5, 0.6) is 0 Å². The number of hydrogen-bond acceptors (Lipinski definition) is 3.